The van der Waals surface area contributed by atoms with E-state index in [1.54, 1.807) is 12.1 Å². The van der Waals surface area contributed by atoms with Crippen molar-refractivity contribution in [3.05, 3.63) is 29.3 Å². The lowest BCUT2D eigenvalue weighted by Crippen LogP contribution is -2.33. The molecule has 98 valence electrons. The minimum Gasteiger partial charge on any atom is -0.468 e. The highest BCUT2D eigenvalue weighted by Crippen LogP contribution is 2.40. The number of carbonyl (C=O) groups is 1. The highest BCUT2D eigenvalue weighted by atomic mass is 35.5. The second kappa shape index (κ2) is 4.90. The van der Waals surface area contributed by atoms with Gasteiger partial charge < -0.3 is 4.74 Å². The Morgan fingerprint density at radius 2 is 2.00 bits per heavy atom. The summed E-state index contributed by atoms with van der Waals surface area (Å²) in [6, 6.07) is 6.14. The van der Waals surface area contributed by atoms with E-state index in [9.17, 15) is 13.2 Å². The molecule has 0 saturated heterocycles. The van der Waals surface area contributed by atoms with E-state index in [1.807, 2.05) is 0 Å². The zero-order valence-corrected chi connectivity index (χ0v) is 11.4. The number of halogens is 1. The topological polar surface area (TPSA) is 60.4 Å². The first kappa shape index (κ1) is 13.4. The van der Waals surface area contributed by atoms with Crippen molar-refractivity contribution >= 4 is 27.4 Å². The van der Waals surface area contributed by atoms with E-state index < -0.39 is 21.1 Å². The van der Waals surface area contributed by atoms with E-state index in [-0.39, 0.29) is 15.8 Å². The predicted octanol–water partition coefficient (Wildman–Crippen LogP) is 2.07. The smallest absolute Gasteiger partial charge is 0.324 e. The molecule has 2 rings (SSSR count). The maximum absolute atomic E-state index is 12.4. The maximum Gasteiger partial charge on any atom is 0.324 e. The van der Waals surface area contributed by atoms with Crippen molar-refractivity contribution in [1.29, 1.82) is 0 Å². The molecule has 1 saturated carbocycles. The van der Waals surface area contributed by atoms with Crippen LogP contribution in [0.25, 0.3) is 0 Å². The molecule has 1 aliphatic carbocycles. The molecule has 0 radical (unpaired) electrons. The number of hydrogen-bond acceptors (Lipinski definition) is 4. The van der Waals surface area contributed by atoms with E-state index in [1.165, 1.54) is 19.2 Å². The van der Waals surface area contributed by atoms with E-state index in [4.69, 9.17) is 11.6 Å². The predicted molar refractivity (Wildman–Crippen MR) is 67.2 cm³/mol. The van der Waals surface area contributed by atoms with E-state index >= 15 is 0 Å². The first-order valence-electron chi connectivity index (χ1n) is 5.54. The fourth-order valence-electron chi connectivity index (χ4n) is 1.90. The molecule has 1 atom stereocenters. The van der Waals surface area contributed by atoms with Crippen LogP contribution in [0.5, 0.6) is 0 Å². The average Bonchev–Trinajstić information content (AvgIpc) is 3.13. The molecule has 6 heteroatoms. The summed E-state index contributed by atoms with van der Waals surface area (Å²) in [7, 11) is -2.59. The van der Waals surface area contributed by atoms with Crippen molar-refractivity contribution < 1.29 is 17.9 Å². The van der Waals surface area contributed by atoms with Crippen LogP contribution in [0.4, 0.5) is 0 Å². The molecular weight excluding hydrogens is 276 g/mol. The first-order chi connectivity index (χ1) is 8.48. The Morgan fingerprint density at radius 1 is 1.39 bits per heavy atom. The summed E-state index contributed by atoms with van der Waals surface area (Å²) in [5.74, 6) is -0.865. The summed E-state index contributed by atoms with van der Waals surface area (Å²) in [6.45, 7) is 0. The number of carbonyl (C=O) groups excluding carboxylic acids is 1. The SMILES string of the molecule is COC(=O)C(C1CC1)S(=O)(=O)c1ccccc1Cl. The Hall–Kier alpha value is -1.07. The number of benzene rings is 1. The average molecular weight is 289 g/mol. The molecule has 0 N–H and O–H groups in total. The molecule has 0 amide bonds. The molecule has 1 aliphatic rings. The largest absolute Gasteiger partial charge is 0.468 e. The molecule has 18 heavy (non-hydrogen) atoms. The standard InChI is InChI=1S/C12H13ClO4S/c1-17-12(14)11(8-6-7-8)18(15,16)10-5-3-2-4-9(10)13/h2-5,8,11H,6-7H2,1H3. The molecule has 1 aromatic carbocycles. The fraction of sp³-hybridized carbons (Fsp3) is 0.417. The lowest BCUT2D eigenvalue weighted by Gasteiger charge is -2.15. The van der Waals surface area contributed by atoms with Gasteiger partial charge in [-0.05, 0) is 30.9 Å². The van der Waals surface area contributed by atoms with Crippen LogP contribution in [0.1, 0.15) is 12.8 Å². The quantitative estimate of drug-likeness (QED) is 0.796. The number of ether oxygens (including phenoxy) is 1. The van der Waals surface area contributed by atoms with Gasteiger partial charge in [-0.2, -0.15) is 0 Å². The second-order valence-electron chi connectivity index (χ2n) is 4.26. The van der Waals surface area contributed by atoms with Gasteiger partial charge in [-0.25, -0.2) is 8.42 Å². The summed E-state index contributed by atoms with van der Waals surface area (Å²) in [5.41, 5.74) is 0. The molecule has 0 bridgehead atoms. The zero-order valence-electron chi connectivity index (χ0n) is 9.80. The number of rotatable bonds is 4. The van der Waals surface area contributed by atoms with Gasteiger partial charge in [-0.3, -0.25) is 4.79 Å². The Labute approximate surface area is 111 Å². The van der Waals surface area contributed by atoms with Crippen molar-refractivity contribution in [1.82, 2.24) is 0 Å². The van der Waals surface area contributed by atoms with Gasteiger partial charge in [-0.15, -0.1) is 0 Å². The second-order valence-corrected chi connectivity index (χ2v) is 6.70. The van der Waals surface area contributed by atoms with Crippen molar-refractivity contribution in [3.8, 4) is 0 Å². The Balaban J connectivity index is 2.46. The van der Waals surface area contributed by atoms with Gasteiger partial charge in [0.25, 0.3) is 0 Å². The molecule has 1 unspecified atom stereocenters. The van der Waals surface area contributed by atoms with Crippen LogP contribution in [-0.2, 0) is 19.4 Å². The summed E-state index contributed by atoms with van der Waals surface area (Å²) < 4.78 is 29.5. The van der Waals surface area contributed by atoms with Crippen LogP contribution in [0, 0.1) is 5.92 Å². The molecule has 0 aromatic heterocycles. The number of hydrogen-bond donors (Lipinski definition) is 0. The minimum atomic E-state index is -3.79. The molecule has 0 spiro atoms. The normalized spacial score (nSPS) is 17.2. The van der Waals surface area contributed by atoms with Crippen molar-refractivity contribution in [2.24, 2.45) is 5.92 Å². The van der Waals surface area contributed by atoms with Crippen LogP contribution in [-0.4, -0.2) is 26.7 Å². The molecule has 1 fully saturated rings. The third kappa shape index (κ3) is 2.37. The number of methoxy groups -OCH3 is 1. The van der Waals surface area contributed by atoms with Gasteiger partial charge >= 0.3 is 5.97 Å². The molecular formula is C12H13ClO4S. The molecule has 4 nitrogen and oxygen atoms in total. The Kier molecular flexibility index (Phi) is 3.64. The molecule has 0 heterocycles. The summed E-state index contributed by atoms with van der Waals surface area (Å²) in [4.78, 5) is 11.7. The molecule has 0 aliphatic heterocycles. The van der Waals surface area contributed by atoms with Gasteiger partial charge in [-0.1, -0.05) is 23.7 Å². The number of esters is 1. The van der Waals surface area contributed by atoms with Gasteiger partial charge in [0.05, 0.1) is 17.0 Å². The van der Waals surface area contributed by atoms with Crippen molar-refractivity contribution in [2.75, 3.05) is 7.11 Å². The van der Waals surface area contributed by atoms with Crippen LogP contribution in [0.15, 0.2) is 29.2 Å². The third-order valence-corrected chi connectivity index (χ3v) is 5.62. The van der Waals surface area contributed by atoms with Crippen LogP contribution < -0.4 is 0 Å². The lowest BCUT2D eigenvalue weighted by atomic mass is 10.3. The maximum atomic E-state index is 12.4. The first-order valence-corrected chi connectivity index (χ1v) is 7.47. The summed E-state index contributed by atoms with van der Waals surface area (Å²) >= 11 is 5.89. The Morgan fingerprint density at radius 3 is 2.50 bits per heavy atom. The lowest BCUT2D eigenvalue weighted by molar-refractivity contribution is -0.140. The van der Waals surface area contributed by atoms with Crippen LogP contribution >= 0.6 is 11.6 Å². The van der Waals surface area contributed by atoms with Gasteiger partial charge in [0.15, 0.2) is 15.1 Å². The highest BCUT2D eigenvalue weighted by molar-refractivity contribution is 7.93. The molecule has 1 aromatic rings. The fourth-order valence-corrected chi connectivity index (χ4v) is 4.37. The highest BCUT2D eigenvalue weighted by Gasteiger charge is 2.47. The van der Waals surface area contributed by atoms with Crippen molar-refractivity contribution in [3.63, 3.8) is 0 Å². The minimum absolute atomic E-state index is 0.00559. The zero-order chi connectivity index (χ0) is 13.3. The van der Waals surface area contributed by atoms with Crippen LogP contribution in [0.2, 0.25) is 5.02 Å². The summed E-state index contributed by atoms with van der Waals surface area (Å²) in [5, 5.41) is -1.01. The Bertz CT molecular complexity index is 563. The third-order valence-electron chi connectivity index (χ3n) is 2.96. The van der Waals surface area contributed by atoms with Gasteiger partial charge in [0.2, 0.25) is 0 Å². The van der Waals surface area contributed by atoms with Gasteiger partial charge in [0, 0.05) is 0 Å². The van der Waals surface area contributed by atoms with Crippen LogP contribution in [0.3, 0.4) is 0 Å². The van der Waals surface area contributed by atoms with Crippen molar-refractivity contribution in [2.45, 2.75) is 23.0 Å². The number of sulfone groups is 1. The summed E-state index contributed by atoms with van der Waals surface area (Å²) in [6.07, 6.45) is 1.45. The van der Waals surface area contributed by atoms with E-state index in [2.05, 4.69) is 4.74 Å². The van der Waals surface area contributed by atoms with Gasteiger partial charge in [0.1, 0.15) is 0 Å². The van der Waals surface area contributed by atoms with E-state index in [0.717, 1.165) is 12.8 Å². The monoisotopic (exact) mass is 288 g/mol. The van der Waals surface area contributed by atoms with E-state index in [0.29, 0.717) is 0 Å².